The van der Waals surface area contributed by atoms with E-state index in [1.165, 1.54) is 19.3 Å². The van der Waals surface area contributed by atoms with E-state index in [1.807, 2.05) is 6.07 Å². The van der Waals surface area contributed by atoms with Crippen LogP contribution in [0.5, 0.6) is 11.5 Å². The van der Waals surface area contributed by atoms with Crippen molar-refractivity contribution in [3.05, 3.63) is 42.7 Å². The highest BCUT2D eigenvalue weighted by Gasteiger charge is 2.25. The van der Waals surface area contributed by atoms with Crippen LogP contribution < -0.4 is 14.4 Å². The molecule has 3 rings (SSSR count). The summed E-state index contributed by atoms with van der Waals surface area (Å²) < 4.78 is 34.7. The van der Waals surface area contributed by atoms with Crippen LogP contribution in [0.3, 0.4) is 0 Å². The number of pyridine rings is 1. The van der Waals surface area contributed by atoms with Gasteiger partial charge in [0.05, 0.1) is 13.3 Å². The van der Waals surface area contributed by atoms with Crippen molar-refractivity contribution in [3.63, 3.8) is 0 Å². The minimum Gasteiger partial charge on any atom is -0.494 e. The largest absolute Gasteiger partial charge is 0.494 e. The Morgan fingerprint density at radius 1 is 1.08 bits per heavy atom. The van der Waals surface area contributed by atoms with Crippen LogP contribution in [0, 0.1) is 0 Å². The van der Waals surface area contributed by atoms with Crippen LogP contribution in [0.15, 0.2) is 42.7 Å². The monoisotopic (exact) mass is 348 g/mol. The number of nitrogens with zero attached hydrogens (tertiary/aromatic N) is 2. The number of hydrogen-bond donors (Lipinski definition) is 0. The Morgan fingerprint density at radius 3 is 2.44 bits per heavy atom. The van der Waals surface area contributed by atoms with Gasteiger partial charge in [0.1, 0.15) is 17.2 Å². The fraction of sp³-hybridized carbons (Fsp3) is 0.421. The molecule has 1 aliphatic carbocycles. The van der Waals surface area contributed by atoms with Crippen molar-refractivity contribution in [1.29, 1.82) is 0 Å². The molecule has 2 aromatic rings. The van der Waals surface area contributed by atoms with E-state index in [1.54, 1.807) is 43.8 Å². The molecule has 1 saturated carbocycles. The van der Waals surface area contributed by atoms with Gasteiger partial charge in [0.2, 0.25) is 0 Å². The van der Waals surface area contributed by atoms with Crippen LogP contribution >= 0.6 is 0 Å². The highest BCUT2D eigenvalue weighted by atomic mass is 19.3. The zero-order valence-corrected chi connectivity index (χ0v) is 14.2. The third-order valence-electron chi connectivity index (χ3n) is 4.52. The van der Waals surface area contributed by atoms with Crippen LogP contribution in [0.25, 0.3) is 0 Å². The molecule has 134 valence electrons. The number of alkyl halides is 2. The number of halogens is 2. The van der Waals surface area contributed by atoms with E-state index in [9.17, 15) is 8.78 Å². The van der Waals surface area contributed by atoms with Gasteiger partial charge in [-0.1, -0.05) is 19.3 Å². The molecule has 1 heterocycles. The highest BCUT2D eigenvalue weighted by molar-refractivity contribution is 5.69. The third-order valence-corrected chi connectivity index (χ3v) is 4.52. The fourth-order valence-electron chi connectivity index (χ4n) is 3.40. The first-order valence-corrected chi connectivity index (χ1v) is 8.51. The minimum absolute atomic E-state index is 0.153. The van der Waals surface area contributed by atoms with E-state index in [-0.39, 0.29) is 5.75 Å². The van der Waals surface area contributed by atoms with E-state index >= 15 is 0 Å². The highest BCUT2D eigenvalue weighted by Crippen LogP contribution is 2.39. The Morgan fingerprint density at radius 2 is 1.80 bits per heavy atom. The molecule has 0 amide bonds. The fourth-order valence-corrected chi connectivity index (χ4v) is 3.40. The van der Waals surface area contributed by atoms with E-state index in [0.717, 1.165) is 30.0 Å². The number of methoxy groups -OCH3 is 1. The maximum absolute atomic E-state index is 12.4. The van der Waals surface area contributed by atoms with Gasteiger partial charge in [0, 0.05) is 24.0 Å². The molecular formula is C19H22F2N2O2. The Balaban J connectivity index is 1.96. The van der Waals surface area contributed by atoms with Crippen LogP contribution in [0.1, 0.15) is 32.1 Å². The van der Waals surface area contributed by atoms with Crippen molar-refractivity contribution in [3.8, 4) is 11.5 Å². The minimum atomic E-state index is -2.82. The lowest BCUT2D eigenvalue weighted by atomic mass is 9.93. The second-order valence-corrected chi connectivity index (χ2v) is 6.08. The molecule has 4 nitrogen and oxygen atoms in total. The van der Waals surface area contributed by atoms with Gasteiger partial charge in [0.25, 0.3) is 0 Å². The Kier molecular flexibility index (Phi) is 5.68. The molecule has 6 heteroatoms. The molecular weight excluding hydrogens is 326 g/mol. The molecule has 0 spiro atoms. The number of aromatic nitrogens is 1. The lowest BCUT2D eigenvalue weighted by Gasteiger charge is -2.36. The normalized spacial score (nSPS) is 15.2. The van der Waals surface area contributed by atoms with Gasteiger partial charge in [-0.2, -0.15) is 8.78 Å². The van der Waals surface area contributed by atoms with Gasteiger partial charge in [0.15, 0.2) is 0 Å². The summed E-state index contributed by atoms with van der Waals surface area (Å²) in [6.07, 6.45) is 9.24. The first kappa shape index (κ1) is 17.5. The molecule has 1 aromatic heterocycles. The summed E-state index contributed by atoms with van der Waals surface area (Å²) in [4.78, 5) is 6.45. The molecule has 0 atom stereocenters. The molecule has 1 aromatic carbocycles. The van der Waals surface area contributed by atoms with Gasteiger partial charge in [-0.25, -0.2) is 0 Å². The number of rotatable bonds is 6. The van der Waals surface area contributed by atoms with Crippen molar-refractivity contribution in [1.82, 2.24) is 4.98 Å². The lowest BCUT2D eigenvalue weighted by molar-refractivity contribution is -0.0498. The molecule has 0 unspecified atom stereocenters. The van der Waals surface area contributed by atoms with Gasteiger partial charge in [-0.3, -0.25) is 4.98 Å². The van der Waals surface area contributed by atoms with E-state index in [0.29, 0.717) is 6.04 Å². The standard InChI is InChI=1S/C19H22F2N2O2/c1-24-18-11-12-22-13-17(18)23(14-5-3-2-4-6-14)15-7-9-16(10-8-15)25-19(20)21/h7-14,19H,2-6H2,1H3. The van der Waals surface area contributed by atoms with Crippen molar-refractivity contribution in [2.45, 2.75) is 44.8 Å². The second-order valence-electron chi connectivity index (χ2n) is 6.08. The van der Waals surface area contributed by atoms with Crippen LogP contribution in [0.2, 0.25) is 0 Å². The molecule has 1 aliphatic rings. The predicted octanol–water partition coefficient (Wildman–Crippen LogP) is 5.16. The van der Waals surface area contributed by atoms with Gasteiger partial charge < -0.3 is 14.4 Å². The first-order valence-electron chi connectivity index (χ1n) is 8.51. The number of anilines is 2. The number of ether oxygens (including phenoxy) is 2. The summed E-state index contributed by atoms with van der Waals surface area (Å²) in [7, 11) is 1.64. The van der Waals surface area contributed by atoms with Crippen molar-refractivity contribution >= 4 is 11.4 Å². The summed E-state index contributed by atoms with van der Waals surface area (Å²) in [6.45, 7) is -2.82. The average Bonchev–Trinajstić information content (AvgIpc) is 2.64. The zero-order valence-electron chi connectivity index (χ0n) is 14.2. The molecule has 1 fully saturated rings. The quantitative estimate of drug-likeness (QED) is 0.722. The van der Waals surface area contributed by atoms with E-state index in [4.69, 9.17) is 4.74 Å². The SMILES string of the molecule is COc1ccncc1N(c1ccc(OC(F)F)cc1)C1CCCCC1. The molecule has 25 heavy (non-hydrogen) atoms. The molecule has 0 radical (unpaired) electrons. The van der Waals surface area contributed by atoms with Gasteiger partial charge in [-0.15, -0.1) is 0 Å². The van der Waals surface area contributed by atoms with E-state index in [2.05, 4.69) is 14.6 Å². The summed E-state index contributed by atoms with van der Waals surface area (Å²) in [5.74, 6) is 0.897. The summed E-state index contributed by atoms with van der Waals surface area (Å²) in [6, 6.07) is 8.91. The van der Waals surface area contributed by atoms with E-state index < -0.39 is 6.61 Å². The van der Waals surface area contributed by atoms with Crippen molar-refractivity contribution in [2.75, 3.05) is 12.0 Å². The summed E-state index contributed by atoms with van der Waals surface area (Å²) in [5, 5.41) is 0. The Hall–Kier alpha value is -2.37. The second kappa shape index (κ2) is 8.14. The van der Waals surface area contributed by atoms with Gasteiger partial charge >= 0.3 is 6.61 Å². The average molecular weight is 348 g/mol. The topological polar surface area (TPSA) is 34.6 Å². The summed E-state index contributed by atoms with van der Waals surface area (Å²) >= 11 is 0. The van der Waals surface area contributed by atoms with Crippen molar-refractivity contribution < 1.29 is 18.3 Å². The zero-order chi connectivity index (χ0) is 17.6. The Bertz CT molecular complexity index is 673. The Labute approximate surface area is 146 Å². The lowest BCUT2D eigenvalue weighted by Crippen LogP contribution is -2.33. The van der Waals surface area contributed by atoms with Crippen LogP contribution in [-0.2, 0) is 0 Å². The molecule has 0 N–H and O–H groups in total. The molecule has 0 bridgehead atoms. The molecule has 0 aliphatic heterocycles. The predicted molar refractivity (Wildman–Crippen MR) is 92.9 cm³/mol. The molecule has 0 saturated heterocycles. The van der Waals surface area contributed by atoms with Crippen LogP contribution in [0.4, 0.5) is 20.2 Å². The summed E-state index contributed by atoms with van der Waals surface area (Å²) in [5.41, 5.74) is 1.80. The maximum Gasteiger partial charge on any atom is 0.387 e. The third kappa shape index (κ3) is 4.18. The van der Waals surface area contributed by atoms with Crippen molar-refractivity contribution in [2.24, 2.45) is 0 Å². The smallest absolute Gasteiger partial charge is 0.387 e. The first-order chi connectivity index (χ1) is 12.2. The van der Waals surface area contributed by atoms with Gasteiger partial charge in [-0.05, 0) is 37.1 Å². The number of benzene rings is 1. The number of hydrogen-bond acceptors (Lipinski definition) is 4. The maximum atomic E-state index is 12.4. The van der Waals surface area contributed by atoms with Crippen LogP contribution in [-0.4, -0.2) is 24.7 Å².